The van der Waals surface area contributed by atoms with Crippen molar-refractivity contribution in [1.82, 2.24) is 5.32 Å². The van der Waals surface area contributed by atoms with E-state index in [1.165, 1.54) is 11.6 Å². The van der Waals surface area contributed by atoms with Gasteiger partial charge in [0.1, 0.15) is 5.70 Å². The zero-order valence-corrected chi connectivity index (χ0v) is 22.8. The van der Waals surface area contributed by atoms with Crippen molar-refractivity contribution in [2.75, 3.05) is 5.32 Å². The van der Waals surface area contributed by atoms with E-state index in [-0.39, 0.29) is 17.4 Å². The molecule has 5 heteroatoms. The summed E-state index contributed by atoms with van der Waals surface area (Å²) in [7, 11) is 0. The highest BCUT2D eigenvalue weighted by molar-refractivity contribution is 6.11. The van der Waals surface area contributed by atoms with Crippen LogP contribution in [0.5, 0.6) is 0 Å². The lowest BCUT2D eigenvalue weighted by molar-refractivity contribution is -0.113. The molecule has 0 aliphatic carbocycles. The summed E-state index contributed by atoms with van der Waals surface area (Å²) in [6.07, 6.45) is 4.95. The average molecular weight is 529 g/mol. The predicted molar refractivity (Wildman–Crippen MR) is 162 cm³/mol. The Bertz CT molecular complexity index is 1530. The number of hydrogen-bond acceptors (Lipinski definition) is 3. The van der Waals surface area contributed by atoms with Gasteiger partial charge in [0.2, 0.25) is 0 Å². The zero-order valence-electron chi connectivity index (χ0n) is 22.8. The molecule has 0 radical (unpaired) electrons. The van der Waals surface area contributed by atoms with Crippen LogP contribution in [-0.2, 0) is 4.79 Å². The standard InChI is InChI=1S/C35H32N2O3/c1-24(2)28-16-13-27(14-17-28)23-32(37-34(39)30-7-5-4-6-8-30)35(40)36-31-20-18-29(19-21-31)33(38)22-15-26-11-9-25(3)10-12-26/h4-24H,1-3H3,(H,36,40)(H,37,39)/b22-15+,32-23-. The molecule has 200 valence electrons. The molecule has 0 atom stereocenters. The van der Waals surface area contributed by atoms with Crippen molar-refractivity contribution in [3.05, 3.63) is 148 Å². The first-order valence-corrected chi connectivity index (χ1v) is 13.2. The topological polar surface area (TPSA) is 75.3 Å². The lowest BCUT2D eigenvalue weighted by Gasteiger charge is -2.12. The van der Waals surface area contributed by atoms with Crippen molar-refractivity contribution < 1.29 is 14.4 Å². The Morgan fingerprint density at radius 2 is 1.32 bits per heavy atom. The van der Waals surface area contributed by atoms with E-state index < -0.39 is 5.91 Å². The van der Waals surface area contributed by atoms with Gasteiger partial charge in [-0.3, -0.25) is 14.4 Å². The number of anilines is 1. The highest BCUT2D eigenvalue weighted by Crippen LogP contribution is 2.18. The molecule has 0 aliphatic rings. The van der Waals surface area contributed by atoms with Crippen molar-refractivity contribution in [1.29, 1.82) is 0 Å². The second-order valence-corrected chi connectivity index (χ2v) is 9.84. The monoisotopic (exact) mass is 528 g/mol. The Labute approximate surface area is 235 Å². The van der Waals surface area contributed by atoms with Crippen LogP contribution in [0.15, 0.2) is 115 Å². The fourth-order valence-electron chi connectivity index (χ4n) is 3.95. The van der Waals surface area contributed by atoms with Gasteiger partial charge in [-0.1, -0.05) is 92.2 Å². The molecule has 0 aromatic heterocycles. The SMILES string of the molecule is Cc1ccc(/C=C/C(=O)c2ccc(NC(=O)/C(=C/c3ccc(C(C)C)cc3)NC(=O)c3ccccc3)cc2)cc1. The molecule has 40 heavy (non-hydrogen) atoms. The van der Waals surface area contributed by atoms with E-state index in [2.05, 4.69) is 24.5 Å². The molecular formula is C35H32N2O3. The Balaban J connectivity index is 1.50. The zero-order chi connectivity index (χ0) is 28.5. The van der Waals surface area contributed by atoms with E-state index in [0.29, 0.717) is 22.7 Å². The van der Waals surface area contributed by atoms with E-state index in [1.54, 1.807) is 60.7 Å². The van der Waals surface area contributed by atoms with E-state index in [4.69, 9.17) is 0 Å². The molecule has 0 saturated heterocycles. The van der Waals surface area contributed by atoms with Gasteiger partial charge in [0.25, 0.3) is 11.8 Å². The summed E-state index contributed by atoms with van der Waals surface area (Å²) in [4.78, 5) is 38.8. The molecule has 0 heterocycles. The average Bonchev–Trinajstić information content (AvgIpc) is 2.97. The lowest BCUT2D eigenvalue weighted by Crippen LogP contribution is -2.30. The molecule has 0 bridgehead atoms. The van der Waals surface area contributed by atoms with Crippen LogP contribution in [0.1, 0.15) is 62.7 Å². The minimum absolute atomic E-state index is 0.104. The first-order valence-electron chi connectivity index (χ1n) is 13.2. The van der Waals surface area contributed by atoms with E-state index >= 15 is 0 Å². The molecule has 2 N–H and O–H groups in total. The Morgan fingerprint density at radius 1 is 0.700 bits per heavy atom. The molecule has 0 aliphatic heterocycles. The normalized spacial score (nSPS) is 11.4. The number of ketones is 1. The quantitative estimate of drug-likeness (QED) is 0.175. The number of hydrogen-bond donors (Lipinski definition) is 2. The number of carbonyl (C=O) groups is 3. The fraction of sp³-hybridized carbons (Fsp3) is 0.114. The molecule has 2 amide bonds. The number of rotatable bonds is 9. The number of aryl methyl sites for hydroxylation is 1. The lowest BCUT2D eigenvalue weighted by atomic mass is 10.0. The highest BCUT2D eigenvalue weighted by Gasteiger charge is 2.15. The summed E-state index contributed by atoms with van der Waals surface area (Å²) in [5.41, 5.74) is 5.61. The maximum absolute atomic E-state index is 13.3. The highest BCUT2D eigenvalue weighted by atomic mass is 16.2. The third-order valence-electron chi connectivity index (χ3n) is 6.37. The van der Waals surface area contributed by atoms with Crippen LogP contribution in [0.4, 0.5) is 5.69 Å². The summed E-state index contributed by atoms with van der Waals surface area (Å²) in [5, 5.41) is 5.58. The van der Waals surface area contributed by atoms with Crippen molar-refractivity contribution in [2.24, 2.45) is 0 Å². The van der Waals surface area contributed by atoms with Crippen molar-refractivity contribution in [3.63, 3.8) is 0 Å². The van der Waals surface area contributed by atoms with Crippen molar-refractivity contribution in [2.45, 2.75) is 26.7 Å². The van der Waals surface area contributed by atoms with Crippen LogP contribution in [0.25, 0.3) is 12.2 Å². The maximum Gasteiger partial charge on any atom is 0.272 e. The van der Waals surface area contributed by atoms with Gasteiger partial charge in [0.15, 0.2) is 5.78 Å². The number of amides is 2. The molecular weight excluding hydrogens is 496 g/mol. The van der Waals surface area contributed by atoms with Gasteiger partial charge in [-0.15, -0.1) is 0 Å². The van der Waals surface area contributed by atoms with Crippen LogP contribution >= 0.6 is 0 Å². The molecule has 0 unspecified atom stereocenters. The largest absolute Gasteiger partial charge is 0.321 e. The van der Waals surface area contributed by atoms with E-state index in [0.717, 1.165) is 16.7 Å². The Morgan fingerprint density at radius 3 is 1.95 bits per heavy atom. The Hall–Kier alpha value is -5.03. The number of benzene rings is 4. The third-order valence-corrected chi connectivity index (χ3v) is 6.37. The maximum atomic E-state index is 13.3. The van der Waals surface area contributed by atoms with Crippen LogP contribution in [0, 0.1) is 6.92 Å². The van der Waals surface area contributed by atoms with Gasteiger partial charge in [-0.25, -0.2) is 0 Å². The summed E-state index contributed by atoms with van der Waals surface area (Å²) in [6, 6.07) is 31.1. The van der Waals surface area contributed by atoms with Crippen LogP contribution in [-0.4, -0.2) is 17.6 Å². The molecule has 4 rings (SSSR count). The van der Waals surface area contributed by atoms with Gasteiger partial charge in [-0.05, 0) is 78.1 Å². The summed E-state index contributed by atoms with van der Waals surface area (Å²) in [5.74, 6) is -0.622. The number of carbonyl (C=O) groups excluding carboxylic acids is 3. The minimum Gasteiger partial charge on any atom is -0.321 e. The van der Waals surface area contributed by atoms with Crippen molar-refractivity contribution >= 4 is 35.4 Å². The first kappa shape index (κ1) is 28.0. The third kappa shape index (κ3) is 7.74. The summed E-state index contributed by atoms with van der Waals surface area (Å²) < 4.78 is 0. The van der Waals surface area contributed by atoms with Crippen LogP contribution in [0.3, 0.4) is 0 Å². The predicted octanol–water partition coefficient (Wildman–Crippen LogP) is 7.42. The van der Waals surface area contributed by atoms with E-state index in [9.17, 15) is 14.4 Å². The minimum atomic E-state index is -0.476. The fourth-order valence-corrected chi connectivity index (χ4v) is 3.95. The van der Waals surface area contributed by atoms with Gasteiger partial charge >= 0.3 is 0 Å². The number of nitrogens with one attached hydrogen (secondary N) is 2. The molecule has 4 aromatic carbocycles. The molecule has 5 nitrogen and oxygen atoms in total. The molecule has 0 spiro atoms. The van der Waals surface area contributed by atoms with Crippen LogP contribution in [0.2, 0.25) is 0 Å². The smallest absolute Gasteiger partial charge is 0.272 e. The van der Waals surface area contributed by atoms with Gasteiger partial charge in [-0.2, -0.15) is 0 Å². The molecule has 0 fully saturated rings. The van der Waals surface area contributed by atoms with Crippen molar-refractivity contribution in [3.8, 4) is 0 Å². The van der Waals surface area contributed by atoms with Gasteiger partial charge in [0, 0.05) is 16.8 Å². The number of allylic oxidation sites excluding steroid dienone is 1. The van der Waals surface area contributed by atoms with Gasteiger partial charge < -0.3 is 10.6 Å². The van der Waals surface area contributed by atoms with Crippen LogP contribution < -0.4 is 10.6 Å². The summed E-state index contributed by atoms with van der Waals surface area (Å²) in [6.45, 7) is 6.24. The molecule has 0 saturated carbocycles. The second-order valence-electron chi connectivity index (χ2n) is 9.84. The first-order chi connectivity index (χ1) is 19.3. The van der Waals surface area contributed by atoms with Gasteiger partial charge in [0.05, 0.1) is 0 Å². The second kappa shape index (κ2) is 13.2. The Kier molecular flexibility index (Phi) is 9.21. The van der Waals surface area contributed by atoms with E-state index in [1.807, 2.05) is 61.5 Å². The molecule has 4 aromatic rings. The summed E-state index contributed by atoms with van der Waals surface area (Å²) >= 11 is 0.